The van der Waals surface area contributed by atoms with E-state index in [4.69, 9.17) is 4.74 Å². The highest BCUT2D eigenvalue weighted by Gasteiger charge is 2.43. The van der Waals surface area contributed by atoms with Gasteiger partial charge in [0.25, 0.3) is 0 Å². The number of ether oxygens (including phenoxy) is 1. The molecule has 0 radical (unpaired) electrons. The van der Waals surface area contributed by atoms with Gasteiger partial charge in [-0.1, -0.05) is 13.8 Å². The van der Waals surface area contributed by atoms with E-state index in [2.05, 4.69) is 47.1 Å². The van der Waals surface area contributed by atoms with Crippen LogP contribution in [0.1, 0.15) is 63.9 Å². The van der Waals surface area contributed by atoms with Crippen LogP contribution >= 0.6 is 30.3 Å². The van der Waals surface area contributed by atoms with Crippen molar-refractivity contribution in [1.82, 2.24) is 13.7 Å². The molecular formula is C21H30IN3O4S2. The van der Waals surface area contributed by atoms with Crippen LogP contribution in [-0.4, -0.2) is 41.7 Å². The number of aromatic nitrogens is 2. The van der Waals surface area contributed by atoms with Gasteiger partial charge in [0.1, 0.15) is 0 Å². The first kappa shape index (κ1) is 24.8. The summed E-state index contributed by atoms with van der Waals surface area (Å²) in [5.74, 6) is -0.172. The molecule has 0 amide bonds. The maximum atomic E-state index is 12.6. The third kappa shape index (κ3) is 5.39. The van der Waals surface area contributed by atoms with Crippen LogP contribution in [0.25, 0.3) is 11.0 Å². The molecule has 10 heteroatoms. The molecule has 0 saturated heterocycles. The van der Waals surface area contributed by atoms with Crippen LogP contribution in [0.2, 0.25) is 0 Å². The average molecular weight is 580 g/mol. The topological polar surface area (TPSA) is 90.3 Å². The maximum absolute atomic E-state index is 12.6. The zero-order valence-electron chi connectivity index (χ0n) is 18.1. The summed E-state index contributed by atoms with van der Waals surface area (Å²) in [6.45, 7) is 4.00. The molecule has 0 spiro atoms. The van der Waals surface area contributed by atoms with Crippen molar-refractivity contribution in [3.8, 4) is 0 Å². The molecular weight excluding hydrogens is 549 g/mol. The van der Waals surface area contributed by atoms with E-state index in [1.54, 1.807) is 9.12 Å². The van der Waals surface area contributed by atoms with Crippen LogP contribution in [0.5, 0.6) is 0 Å². The second-order valence-corrected chi connectivity index (χ2v) is 11.6. The number of rotatable bonds is 6. The number of pyridine rings is 1. The van der Waals surface area contributed by atoms with E-state index in [-0.39, 0.29) is 17.9 Å². The van der Waals surface area contributed by atoms with E-state index < -0.39 is 15.3 Å². The second kappa shape index (κ2) is 10.8. The van der Waals surface area contributed by atoms with Gasteiger partial charge in [0.05, 0.1) is 18.3 Å². The highest BCUT2D eigenvalue weighted by molar-refractivity contribution is 14.2. The number of hydrogen-bond acceptors (Lipinski definition) is 6. The molecule has 0 bridgehead atoms. The zero-order chi connectivity index (χ0) is 22.6. The molecule has 172 valence electrons. The van der Waals surface area contributed by atoms with Gasteiger partial charge >= 0.3 is 5.97 Å². The van der Waals surface area contributed by atoms with Gasteiger partial charge in [0.15, 0.2) is 5.65 Å². The number of sulfonamides is 1. The molecule has 0 aliphatic heterocycles. The Bertz CT molecular complexity index is 997. The summed E-state index contributed by atoms with van der Waals surface area (Å²) in [6, 6.07) is 4.05. The van der Waals surface area contributed by atoms with Crippen LogP contribution in [0, 0.1) is 5.92 Å². The van der Waals surface area contributed by atoms with E-state index in [1.165, 1.54) is 18.1 Å². The normalized spacial score (nSPS) is 25.9. The first-order valence-electron chi connectivity index (χ1n) is 10.8. The summed E-state index contributed by atoms with van der Waals surface area (Å²) in [6.07, 6.45) is 8.24. The molecule has 2 aromatic rings. The van der Waals surface area contributed by atoms with Crippen molar-refractivity contribution in [2.45, 2.75) is 69.6 Å². The second-order valence-electron chi connectivity index (χ2n) is 7.88. The van der Waals surface area contributed by atoms with Gasteiger partial charge in [-0.3, -0.25) is 8.77 Å². The number of nitrogens with zero attached hydrogens (tertiary/aromatic N) is 2. The summed E-state index contributed by atoms with van der Waals surface area (Å²) in [7, 11) is -0.443. The molecule has 2 heterocycles. The smallest absolute Gasteiger partial charge is 0.308 e. The molecule has 1 N–H and O–H groups in total. The van der Waals surface area contributed by atoms with Gasteiger partial charge in [0, 0.05) is 54.1 Å². The molecule has 0 aromatic carbocycles. The first-order chi connectivity index (χ1) is 14.9. The van der Waals surface area contributed by atoms with Crippen molar-refractivity contribution < 1.29 is 17.9 Å². The molecule has 2 fully saturated rings. The molecule has 2 saturated carbocycles. The highest BCUT2D eigenvalue weighted by atomic mass is 127. The van der Waals surface area contributed by atoms with Crippen LogP contribution in [-0.2, 0) is 19.6 Å². The Balaban J connectivity index is 0.00000132. The average Bonchev–Trinajstić information content (AvgIpc) is 3.13. The van der Waals surface area contributed by atoms with E-state index >= 15 is 0 Å². The minimum Gasteiger partial charge on any atom is -0.469 e. The Morgan fingerprint density at radius 1 is 1.26 bits per heavy atom. The maximum Gasteiger partial charge on any atom is 0.308 e. The Morgan fingerprint density at radius 3 is 2.55 bits per heavy atom. The molecule has 2 aromatic heterocycles. The lowest BCUT2D eigenvalue weighted by molar-refractivity contribution is -0.148. The van der Waals surface area contributed by atoms with Crippen molar-refractivity contribution in [1.29, 1.82) is 0 Å². The van der Waals surface area contributed by atoms with Gasteiger partial charge < -0.3 is 4.74 Å². The number of hydrogen-bond donors (Lipinski definition) is 1. The molecule has 0 atom stereocenters. The fourth-order valence-electron chi connectivity index (χ4n) is 4.46. The van der Waals surface area contributed by atoms with E-state index in [0.29, 0.717) is 18.8 Å². The number of methoxy groups -OCH3 is 1. The molecule has 2 aliphatic carbocycles. The number of carbonyl (C=O) groups excluding carboxylic acids is 1. The van der Waals surface area contributed by atoms with Crippen molar-refractivity contribution >= 4 is 57.4 Å². The molecule has 31 heavy (non-hydrogen) atoms. The van der Waals surface area contributed by atoms with Crippen molar-refractivity contribution in [2.75, 3.05) is 7.11 Å². The monoisotopic (exact) mass is 579 g/mol. The summed E-state index contributed by atoms with van der Waals surface area (Å²) in [4.78, 5) is 16.0. The van der Waals surface area contributed by atoms with Crippen LogP contribution in [0.15, 0.2) is 24.5 Å². The lowest BCUT2D eigenvalue weighted by Gasteiger charge is -2.35. The number of nitrogens with one attached hydrogen (secondary N) is 1. The largest absolute Gasteiger partial charge is 0.469 e. The van der Waals surface area contributed by atoms with Gasteiger partial charge in [-0.05, 0) is 62.1 Å². The van der Waals surface area contributed by atoms with Gasteiger partial charge in [-0.25, -0.2) is 18.1 Å². The SMILES string of the molecule is CC.COC(=O)C1CC(S(=O)(=O)NC2CCC(c3cn(SI)c4ncccc34)CC2)C1. The van der Waals surface area contributed by atoms with Crippen LogP contribution in [0.4, 0.5) is 0 Å². The van der Waals surface area contributed by atoms with E-state index in [1.807, 2.05) is 26.1 Å². The molecule has 4 rings (SSSR count). The fourth-order valence-corrected chi connectivity index (χ4v) is 7.59. The third-order valence-corrected chi connectivity index (χ3v) is 9.83. The van der Waals surface area contributed by atoms with Crippen molar-refractivity contribution in [3.05, 3.63) is 30.1 Å². The molecule has 7 nitrogen and oxygen atoms in total. The predicted octanol–water partition coefficient (Wildman–Crippen LogP) is 4.81. The highest BCUT2D eigenvalue weighted by Crippen LogP contribution is 2.39. The summed E-state index contributed by atoms with van der Waals surface area (Å²) >= 11 is 2.26. The number of fused-ring (bicyclic) bond motifs is 1. The van der Waals surface area contributed by atoms with Crippen molar-refractivity contribution in [2.24, 2.45) is 5.92 Å². The van der Waals surface area contributed by atoms with Crippen LogP contribution in [0.3, 0.4) is 0 Å². The number of esters is 1. The zero-order valence-corrected chi connectivity index (χ0v) is 21.9. The standard InChI is InChI=1S/C19H24IN3O4S2.C2H6/c1-27-19(24)13-9-15(10-13)29(25,26)22-14-6-4-12(5-7-14)17-11-23(28-20)18-16(17)3-2-8-21-18;1-2/h2-3,8,11-15,22H,4-7,9-10H2,1H3;1-2H3. The predicted molar refractivity (Wildman–Crippen MR) is 134 cm³/mol. The van der Waals surface area contributed by atoms with Gasteiger partial charge in [0.2, 0.25) is 10.0 Å². The van der Waals surface area contributed by atoms with Crippen LogP contribution < -0.4 is 4.72 Å². The molecule has 2 aliphatic rings. The molecule has 0 unspecified atom stereocenters. The van der Waals surface area contributed by atoms with E-state index in [9.17, 15) is 13.2 Å². The Morgan fingerprint density at radius 2 is 1.94 bits per heavy atom. The summed E-state index contributed by atoms with van der Waals surface area (Å²) < 4.78 is 34.9. The summed E-state index contributed by atoms with van der Waals surface area (Å²) in [5.41, 5.74) is 2.29. The quantitative estimate of drug-likeness (QED) is 0.391. The van der Waals surface area contributed by atoms with Gasteiger partial charge in [-0.2, -0.15) is 0 Å². The Kier molecular flexibility index (Phi) is 8.67. The summed E-state index contributed by atoms with van der Waals surface area (Å²) in [5, 5.41) is 0.707. The Hall–Kier alpha value is -0.850. The third-order valence-electron chi connectivity index (χ3n) is 6.20. The fraction of sp³-hybridized carbons (Fsp3) is 0.619. The van der Waals surface area contributed by atoms with Crippen molar-refractivity contribution in [3.63, 3.8) is 0 Å². The Labute approximate surface area is 200 Å². The lowest BCUT2D eigenvalue weighted by Crippen LogP contribution is -2.49. The lowest BCUT2D eigenvalue weighted by atomic mass is 9.82. The minimum absolute atomic E-state index is 0.0288. The minimum atomic E-state index is -3.39. The first-order valence-corrected chi connectivity index (χ1v) is 15.6. The number of halogens is 1. The van der Waals surface area contributed by atoms with E-state index in [0.717, 1.165) is 31.3 Å². The van der Waals surface area contributed by atoms with Gasteiger partial charge in [-0.15, -0.1) is 0 Å². The number of carbonyl (C=O) groups is 1.